The summed E-state index contributed by atoms with van der Waals surface area (Å²) >= 11 is 1.41. The number of methoxy groups -OCH3 is 1. The van der Waals surface area contributed by atoms with Gasteiger partial charge in [-0.15, -0.1) is 11.3 Å². The second-order valence-electron chi connectivity index (χ2n) is 12.4. The highest BCUT2D eigenvalue weighted by molar-refractivity contribution is 7.18. The van der Waals surface area contributed by atoms with Gasteiger partial charge in [-0.2, -0.15) is 0 Å². The highest BCUT2D eigenvalue weighted by Gasteiger charge is 2.27. The fourth-order valence-electron chi connectivity index (χ4n) is 5.94. The molecule has 2 aromatic carbocycles. The average molecular weight is 792 g/mol. The van der Waals surface area contributed by atoms with Crippen molar-refractivity contribution in [2.75, 3.05) is 37.8 Å². The van der Waals surface area contributed by atoms with Gasteiger partial charge in [-0.1, -0.05) is 24.3 Å². The second kappa shape index (κ2) is 20.2. The molecule has 18 heteroatoms. The number of nitrogens with zero attached hydrogens (tertiary/aromatic N) is 3. The molecular formula is C38H45N7O10S. The summed E-state index contributed by atoms with van der Waals surface area (Å²) < 4.78 is 8.24. The minimum absolute atomic E-state index is 0.0507. The van der Waals surface area contributed by atoms with Crippen LogP contribution in [-0.4, -0.2) is 98.2 Å². The zero-order valence-corrected chi connectivity index (χ0v) is 32.3. The van der Waals surface area contributed by atoms with E-state index in [9.17, 15) is 14.4 Å². The maximum Gasteiger partial charge on any atom is 0.300 e. The van der Waals surface area contributed by atoms with Crippen molar-refractivity contribution in [3.63, 3.8) is 0 Å². The third kappa shape index (κ3) is 12.0. The monoisotopic (exact) mass is 791 g/mol. The number of likely N-dealkylation sites (tertiary alicyclic amines) is 1. The van der Waals surface area contributed by atoms with Crippen molar-refractivity contribution in [3.8, 4) is 16.9 Å². The van der Waals surface area contributed by atoms with E-state index in [4.69, 9.17) is 45.9 Å². The Bertz CT molecular complexity index is 2190. The Morgan fingerprint density at radius 1 is 0.964 bits per heavy atom. The number of benzene rings is 2. The minimum Gasteiger partial charge on any atom is -0.495 e. The number of amides is 3. The van der Waals surface area contributed by atoms with Crippen LogP contribution in [0.25, 0.3) is 32.1 Å². The van der Waals surface area contributed by atoms with Crippen LogP contribution in [0.15, 0.2) is 60.1 Å². The lowest BCUT2D eigenvalue weighted by molar-refractivity contribution is -0.135. The quantitative estimate of drug-likeness (QED) is 0.110. The van der Waals surface area contributed by atoms with Gasteiger partial charge in [0.15, 0.2) is 0 Å². The molecule has 1 fully saturated rings. The summed E-state index contributed by atoms with van der Waals surface area (Å²) in [6.07, 6.45) is 3.33. The highest BCUT2D eigenvalue weighted by atomic mass is 32.1. The molecule has 1 saturated heterocycles. The molecule has 1 aliphatic heterocycles. The minimum atomic E-state index is -0.833. The normalized spacial score (nSPS) is 13.2. The van der Waals surface area contributed by atoms with E-state index in [-0.39, 0.29) is 30.3 Å². The molecular weight excluding hydrogens is 747 g/mol. The highest BCUT2D eigenvalue weighted by Crippen LogP contribution is 2.41. The van der Waals surface area contributed by atoms with Gasteiger partial charge >= 0.3 is 0 Å². The lowest BCUT2D eigenvalue weighted by Gasteiger charge is -2.23. The lowest BCUT2D eigenvalue weighted by Crippen LogP contribution is -2.43. The van der Waals surface area contributed by atoms with Crippen molar-refractivity contribution in [1.29, 1.82) is 0 Å². The molecule has 0 aliphatic carbocycles. The summed E-state index contributed by atoms with van der Waals surface area (Å²) in [4.78, 5) is 71.3. The number of carbonyl (C=O) groups is 6. The van der Waals surface area contributed by atoms with E-state index in [1.165, 1.54) is 17.5 Å². The zero-order valence-electron chi connectivity index (χ0n) is 31.5. The number of primary amides is 1. The Labute approximate surface area is 325 Å². The van der Waals surface area contributed by atoms with Gasteiger partial charge < -0.3 is 46.7 Å². The summed E-state index contributed by atoms with van der Waals surface area (Å²) in [5.74, 6) is -2.61. The number of aliphatic carboxylic acids is 3. The third-order valence-electron chi connectivity index (χ3n) is 8.17. The number of nitrogen functional groups attached to an aromatic ring is 1. The number of fused-ring (bicyclic) bond motifs is 2. The molecule has 0 radical (unpaired) electrons. The SMILES string of the molecule is CC(=O)O.CC(=O)O.CC(=O)O.COc1cc(-c2csc3c(C(=O)NCC4CCCN4CC(N)=O)cnc(N)c23)ccc1NC(=O)c1cc2ccccc2n1C. The van der Waals surface area contributed by atoms with E-state index in [1.54, 1.807) is 13.2 Å². The molecule has 0 bridgehead atoms. The van der Waals surface area contributed by atoms with Crippen LogP contribution in [0.1, 0.15) is 54.5 Å². The van der Waals surface area contributed by atoms with Gasteiger partial charge in [0, 0.05) is 68.5 Å². The second-order valence-corrected chi connectivity index (χ2v) is 13.3. The number of nitrogens with one attached hydrogen (secondary N) is 2. The van der Waals surface area contributed by atoms with Crippen LogP contribution in [0.4, 0.5) is 11.5 Å². The fourth-order valence-corrected chi connectivity index (χ4v) is 7.03. The molecule has 6 rings (SSSR count). The Kier molecular flexibility index (Phi) is 15.9. The topological polar surface area (TPSA) is 270 Å². The maximum absolute atomic E-state index is 13.3. The first-order chi connectivity index (χ1) is 26.4. The first-order valence-corrected chi connectivity index (χ1v) is 17.9. The number of carboxylic acid groups (broad SMARTS) is 3. The number of para-hydroxylation sites is 1. The number of carbonyl (C=O) groups excluding carboxylic acids is 3. The van der Waals surface area contributed by atoms with E-state index < -0.39 is 17.9 Å². The zero-order chi connectivity index (χ0) is 41.7. The molecule has 298 valence electrons. The Balaban J connectivity index is 0.000000617. The predicted molar refractivity (Wildman–Crippen MR) is 213 cm³/mol. The van der Waals surface area contributed by atoms with Gasteiger partial charge in [0.2, 0.25) is 5.91 Å². The number of ether oxygens (including phenoxy) is 1. The third-order valence-corrected chi connectivity index (χ3v) is 9.18. The standard InChI is InChI=1S/C32H33N7O4S.3C2H4O2/c1-38-24-8-4-3-6-19(24)12-25(38)32(42)37-23-10-9-18(13-26(23)43-2)22-17-44-29-21(15-35-30(34)28(22)29)31(41)36-14-20-7-5-11-39(20)16-27(33)40;3*1-2(3)4/h3-4,6,8-10,12-13,15,17,20H,5,7,11,14,16H2,1-2H3,(H2,33,40)(H2,34,35)(H,36,41)(H,37,42);3*1H3,(H,3,4). The number of hydrogen-bond donors (Lipinski definition) is 7. The fraction of sp³-hybridized carbons (Fsp3) is 0.289. The summed E-state index contributed by atoms with van der Waals surface area (Å²) in [7, 11) is 3.41. The first-order valence-electron chi connectivity index (χ1n) is 17.0. The van der Waals surface area contributed by atoms with Crippen LogP contribution in [0.2, 0.25) is 0 Å². The number of pyridine rings is 1. The first kappa shape index (κ1) is 43.9. The van der Waals surface area contributed by atoms with Crippen molar-refractivity contribution in [1.82, 2.24) is 19.8 Å². The number of aryl methyl sites for hydroxylation is 1. The number of nitrogens with two attached hydrogens (primary N) is 2. The molecule has 3 aromatic heterocycles. The molecule has 0 spiro atoms. The Hall–Kier alpha value is -6.53. The smallest absolute Gasteiger partial charge is 0.300 e. The van der Waals surface area contributed by atoms with Gasteiger partial charge in [0.1, 0.15) is 17.3 Å². The molecule has 1 aliphatic rings. The van der Waals surface area contributed by atoms with Crippen molar-refractivity contribution in [2.24, 2.45) is 12.8 Å². The molecule has 17 nitrogen and oxygen atoms in total. The van der Waals surface area contributed by atoms with Gasteiger partial charge in [-0.3, -0.25) is 33.7 Å². The molecule has 4 heterocycles. The van der Waals surface area contributed by atoms with E-state index in [2.05, 4.69) is 15.6 Å². The maximum atomic E-state index is 13.3. The van der Waals surface area contributed by atoms with E-state index in [0.29, 0.717) is 40.4 Å². The molecule has 5 aromatic rings. The average Bonchev–Trinajstić information content (AvgIpc) is 3.84. The van der Waals surface area contributed by atoms with Gasteiger partial charge in [0.05, 0.1) is 29.6 Å². The van der Waals surface area contributed by atoms with E-state index in [0.717, 1.165) is 66.9 Å². The van der Waals surface area contributed by atoms with Gasteiger partial charge in [-0.25, -0.2) is 4.98 Å². The number of carboxylic acids is 3. The summed E-state index contributed by atoms with van der Waals surface area (Å²) in [6.45, 7) is 4.61. The number of aromatic nitrogens is 2. The lowest BCUT2D eigenvalue weighted by atomic mass is 10.0. The van der Waals surface area contributed by atoms with E-state index >= 15 is 0 Å². The summed E-state index contributed by atoms with van der Waals surface area (Å²) in [6, 6.07) is 15.2. The molecule has 9 N–H and O–H groups in total. The number of thiophene rings is 1. The van der Waals surface area contributed by atoms with Gasteiger partial charge in [0.25, 0.3) is 29.7 Å². The Morgan fingerprint density at radius 2 is 1.61 bits per heavy atom. The predicted octanol–water partition coefficient (Wildman–Crippen LogP) is 4.25. The van der Waals surface area contributed by atoms with Crippen molar-refractivity contribution >= 4 is 79.5 Å². The van der Waals surface area contributed by atoms with Crippen LogP contribution in [0.5, 0.6) is 5.75 Å². The van der Waals surface area contributed by atoms with Crippen LogP contribution in [0.3, 0.4) is 0 Å². The molecule has 1 unspecified atom stereocenters. The summed E-state index contributed by atoms with van der Waals surface area (Å²) in [5, 5.41) is 31.8. The van der Waals surface area contributed by atoms with Gasteiger partial charge in [-0.05, 0) is 54.6 Å². The summed E-state index contributed by atoms with van der Waals surface area (Å²) in [5.41, 5.74) is 15.8. The van der Waals surface area contributed by atoms with Crippen LogP contribution >= 0.6 is 11.3 Å². The molecule has 1 atom stereocenters. The molecule has 56 heavy (non-hydrogen) atoms. The van der Waals surface area contributed by atoms with Crippen LogP contribution < -0.4 is 26.8 Å². The number of hydrogen-bond acceptors (Lipinski definition) is 11. The van der Waals surface area contributed by atoms with Crippen LogP contribution in [0, 0.1) is 0 Å². The largest absolute Gasteiger partial charge is 0.495 e. The Morgan fingerprint density at radius 3 is 2.21 bits per heavy atom. The van der Waals surface area contributed by atoms with Crippen molar-refractivity contribution in [2.45, 2.75) is 39.7 Å². The van der Waals surface area contributed by atoms with E-state index in [1.807, 2.05) is 64.4 Å². The number of rotatable bonds is 9. The molecule has 3 amide bonds. The number of anilines is 2. The van der Waals surface area contributed by atoms with Crippen LogP contribution in [-0.2, 0) is 26.2 Å². The molecule has 0 saturated carbocycles. The van der Waals surface area contributed by atoms with Crippen molar-refractivity contribution < 1.29 is 48.8 Å². The van der Waals surface area contributed by atoms with Crippen molar-refractivity contribution in [3.05, 3.63) is 71.4 Å².